The minimum atomic E-state index is -3.02. The predicted octanol–water partition coefficient (Wildman–Crippen LogP) is 2.15. The summed E-state index contributed by atoms with van der Waals surface area (Å²) in [6, 6.07) is 0.432. The van der Waals surface area contributed by atoms with Crippen LogP contribution < -0.4 is 0 Å². The van der Waals surface area contributed by atoms with Gasteiger partial charge in [0.05, 0.1) is 12.2 Å². The third kappa shape index (κ3) is 2.58. The highest BCUT2D eigenvalue weighted by Crippen LogP contribution is 2.41. The molecule has 7 nitrogen and oxygen atoms in total. The van der Waals surface area contributed by atoms with Crippen LogP contribution in [0.4, 0.5) is 8.78 Å². The Kier molecular flexibility index (Phi) is 3.42. The van der Waals surface area contributed by atoms with Crippen LogP contribution in [0.2, 0.25) is 0 Å². The van der Waals surface area contributed by atoms with Gasteiger partial charge < -0.3 is 13.9 Å². The van der Waals surface area contributed by atoms with Crippen LogP contribution in [0.15, 0.2) is 15.1 Å². The van der Waals surface area contributed by atoms with E-state index in [4.69, 9.17) is 9.05 Å². The molecule has 1 atom stereocenters. The van der Waals surface area contributed by atoms with Crippen LogP contribution in [0.25, 0.3) is 0 Å². The molecule has 0 bridgehead atoms. The van der Waals surface area contributed by atoms with Crippen LogP contribution in [-0.4, -0.2) is 38.6 Å². The third-order valence-electron chi connectivity index (χ3n) is 3.45. The molecule has 1 aliphatic rings. The normalized spacial score (nSPS) is 20.5. The molecule has 2 aromatic heterocycles. The molecular weight excluding hydrogens is 298 g/mol. The molecule has 0 saturated carbocycles. The molecule has 0 aliphatic carbocycles. The quantitative estimate of drug-likeness (QED) is 0.863. The van der Waals surface area contributed by atoms with Crippen LogP contribution in [-0.2, 0) is 6.42 Å². The topological polar surface area (TPSA) is 85.3 Å². The standard InChI is InChI=1S/C13H14F2N4O3/c1-3-10-16-11(22-18-10)8-5-13(14,15)6-19(8)12(20)9-4-7(2)17-21-9/h4,8H,3,5-6H2,1-2H3/t8-/m0/s1. The predicted molar refractivity (Wildman–Crippen MR) is 68.3 cm³/mol. The van der Waals surface area contributed by atoms with Crippen molar-refractivity contribution in [2.75, 3.05) is 6.54 Å². The van der Waals surface area contributed by atoms with Crippen molar-refractivity contribution < 1.29 is 22.6 Å². The number of rotatable bonds is 3. The van der Waals surface area contributed by atoms with Gasteiger partial charge in [0.25, 0.3) is 11.8 Å². The summed E-state index contributed by atoms with van der Waals surface area (Å²) in [6.07, 6.45) is -0.0426. The summed E-state index contributed by atoms with van der Waals surface area (Å²) in [6.45, 7) is 2.74. The number of amides is 1. The van der Waals surface area contributed by atoms with Crippen molar-refractivity contribution in [1.29, 1.82) is 0 Å². The maximum absolute atomic E-state index is 13.8. The first-order valence-corrected chi connectivity index (χ1v) is 6.84. The second kappa shape index (κ2) is 5.15. The first-order chi connectivity index (χ1) is 10.4. The van der Waals surface area contributed by atoms with Gasteiger partial charge in [0.15, 0.2) is 5.82 Å². The second-order valence-corrected chi connectivity index (χ2v) is 5.24. The zero-order valence-electron chi connectivity index (χ0n) is 12.0. The number of hydrogen-bond acceptors (Lipinski definition) is 6. The van der Waals surface area contributed by atoms with Gasteiger partial charge in [-0.2, -0.15) is 4.98 Å². The largest absolute Gasteiger partial charge is 0.351 e. The lowest BCUT2D eigenvalue weighted by Gasteiger charge is -2.19. The molecule has 0 spiro atoms. The molecule has 0 radical (unpaired) electrons. The molecule has 3 rings (SSSR count). The maximum Gasteiger partial charge on any atom is 0.293 e. The number of carbonyl (C=O) groups excluding carboxylic acids is 1. The van der Waals surface area contributed by atoms with E-state index in [0.717, 1.165) is 4.90 Å². The smallest absolute Gasteiger partial charge is 0.293 e. The van der Waals surface area contributed by atoms with Gasteiger partial charge in [-0.3, -0.25) is 4.79 Å². The van der Waals surface area contributed by atoms with E-state index in [9.17, 15) is 13.6 Å². The van der Waals surface area contributed by atoms with Crippen molar-refractivity contribution in [3.63, 3.8) is 0 Å². The van der Waals surface area contributed by atoms with Gasteiger partial charge in [-0.1, -0.05) is 17.2 Å². The van der Waals surface area contributed by atoms with Gasteiger partial charge in [0.1, 0.15) is 6.04 Å². The van der Waals surface area contributed by atoms with Gasteiger partial charge in [0.2, 0.25) is 11.7 Å². The Bertz CT molecular complexity index is 697. The number of aromatic nitrogens is 3. The van der Waals surface area contributed by atoms with Crippen LogP contribution in [0.5, 0.6) is 0 Å². The van der Waals surface area contributed by atoms with E-state index in [-0.39, 0.29) is 11.7 Å². The third-order valence-corrected chi connectivity index (χ3v) is 3.45. The summed E-state index contributed by atoms with van der Waals surface area (Å²) in [4.78, 5) is 17.4. The fraction of sp³-hybridized carbons (Fsp3) is 0.538. The number of nitrogens with zero attached hydrogens (tertiary/aromatic N) is 4. The molecule has 22 heavy (non-hydrogen) atoms. The molecule has 0 unspecified atom stereocenters. The summed E-state index contributed by atoms with van der Waals surface area (Å²) in [5.41, 5.74) is 0.497. The zero-order chi connectivity index (χ0) is 15.9. The first-order valence-electron chi connectivity index (χ1n) is 6.84. The number of hydrogen-bond donors (Lipinski definition) is 0. The van der Waals surface area contributed by atoms with Crippen molar-refractivity contribution >= 4 is 5.91 Å². The molecule has 0 N–H and O–H groups in total. The Balaban J connectivity index is 1.91. The summed E-state index contributed by atoms with van der Waals surface area (Å²) in [7, 11) is 0. The molecule has 1 fully saturated rings. The molecule has 1 saturated heterocycles. The number of halogens is 2. The van der Waals surface area contributed by atoms with E-state index in [0.29, 0.717) is 17.9 Å². The highest BCUT2D eigenvalue weighted by atomic mass is 19.3. The first kappa shape index (κ1) is 14.6. The molecule has 1 amide bonds. The minimum absolute atomic E-state index is 0.0126. The van der Waals surface area contributed by atoms with E-state index in [1.165, 1.54) is 6.07 Å². The van der Waals surface area contributed by atoms with Crippen molar-refractivity contribution in [1.82, 2.24) is 20.2 Å². The SMILES string of the molecule is CCc1noc([C@@H]2CC(F)(F)CN2C(=O)c2cc(C)no2)n1. The zero-order valence-corrected chi connectivity index (χ0v) is 12.0. The monoisotopic (exact) mass is 312 g/mol. The van der Waals surface area contributed by atoms with Gasteiger partial charge in [0, 0.05) is 18.9 Å². The summed E-state index contributed by atoms with van der Waals surface area (Å²) in [5.74, 6) is -3.35. The van der Waals surface area contributed by atoms with Gasteiger partial charge in [-0.25, -0.2) is 8.78 Å². The van der Waals surface area contributed by atoms with Crippen molar-refractivity contribution in [3.8, 4) is 0 Å². The van der Waals surface area contributed by atoms with Crippen molar-refractivity contribution in [2.45, 2.75) is 38.7 Å². The number of carbonyl (C=O) groups is 1. The second-order valence-electron chi connectivity index (χ2n) is 5.24. The fourth-order valence-electron chi connectivity index (χ4n) is 2.40. The molecule has 3 heterocycles. The van der Waals surface area contributed by atoms with Crippen molar-refractivity contribution in [2.24, 2.45) is 0 Å². The number of likely N-dealkylation sites (tertiary alicyclic amines) is 1. The lowest BCUT2D eigenvalue weighted by Crippen LogP contribution is -2.32. The van der Waals surface area contributed by atoms with Gasteiger partial charge >= 0.3 is 0 Å². The van der Waals surface area contributed by atoms with Gasteiger partial charge in [-0.05, 0) is 6.92 Å². The van der Waals surface area contributed by atoms with E-state index in [1.54, 1.807) is 6.92 Å². The molecule has 0 aromatic carbocycles. The van der Waals surface area contributed by atoms with Crippen LogP contribution in [0, 0.1) is 6.92 Å². The Morgan fingerprint density at radius 1 is 1.45 bits per heavy atom. The lowest BCUT2D eigenvalue weighted by molar-refractivity contribution is 0.0112. The Morgan fingerprint density at radius 3 is 2.82 bits per heavy atom. The van der Waals surface area contributed by atoms with Crippen LogP contribution in [0.1, 0.15) is 47.4 Å². The number of alkyl halides is 2. The molecule has 2 aromatic rings. The lowest BCUT2D eigenvalue weighted by atomic mass is 10.2. The highest BCUT2D eigenvalue weighted by molar-refractivity contribution is 5.92. The van der Waals surface area contributed by atoms with Crippen LogP contribution in [0.3, 0.4) is 0 Å². The molecular formula is C13H14F2N4O3. The fourth-order valence-corrected chi connectivity index (χ4v) is 2.40. The van der Waals surface area contributed by atoms with E-state index in [2.05, 4.69) is 15.3 Å². The average Bonchev–Trinajstić information content (AvgIpc) is 3.15. The Labute approximate surface area is 124 Å². The van der Waals surface area contributed by atoms with E-state index >= 15 is 0 Å². The molecule has 9 heteroatoms. The minimum Gasteiger partial charge on any atom is -0.351 e. The summed E-state index contributed by atoms with van der Waals surface area (Å²) < 4.78 is 37.4. The number of aryl methyl sites for hydroxylation is 2. The molecule has 1 aliphatic heterocycles. The van der Waals surface area contributed by atoms with Crippen molar-refractivity contribution in [3.05, 3.63) is 29.2 Å². The van der Waals surface area contributed by atoms with E-state index < -0.39 is 30.8 Å². The van der Waals surface area contributed by atoms with E-state index in [1.807, 2.05) is 6.92 Å². The van der Waals surface area contributed by atoms with Gasteiger partial charge in [-0.15, -0.1) is 0 Å². The maximum atomic E-state index is 13.8. The Hall–Kier alpha value is -2.32. The summed E-state index contributed by atoms with van der Waals surface area (Å²) in [5, 5.41) is 7.29. The van der Waals surface area contributed by atoms with Crippen LogP contribution >= 0.6 is 0 Å². The Morgan fingerprint density at radius 2 is 2.23 bits per heavy atom. The summed E-state index contributed by atoms with van der Waals surface area (Å²) >= 11 is 0. The highest BCUT2D eigenvalue weighted by Gasteiger charge is 2.50. The average molecular weight is 312 g/mol. The molecule has 118 valence electrons.